The molecule has 0 heterocycles. The molecule has 0 radical (unpaired) electrons. The van der Waals surface area contributed by atoms with Crippen LogP contribution in [0.25, 0.3) is 0 Å². The fourth-order valence-corrected chi connectivity index (χ4v) is 0.201. The van der Waals surface area contributed by atoms with Crippen molar-refractivity contribution in [1.29, 1.82) is 16.6 Å². The smallest absolute Gasteiger partial charge is 0.202 e. The molecular formula is H3N6P. The fourth-order valence-electron chi connectivity index (χ4n) is 0.0671. The van der Waals surface area contributed by atoms with Crippen LogP contribution >= 0.6 is 8.37 Å². The Labute approximate surface area is 40.8 Å². The summed E-state index contributed by atoms with van der Waals surface area (Å²) in [4.78, 5) is 8.19. The van der Waals surface area contributed by atoms with Crippen LogP contribution in [0.4, 0.5) is 0 Å². The van der Waals surface area contributed by atoms with Gasteiger partial charge in [-0.1, -0.05) is 0 Å². The van der Waals surface area contributed by atoms with Crippen molar-refractivity contribution in [2.24, 2.45) is 14.7 Å². The molecule has 0 aliphatic rings. The van der Waals surface area contributed by atoms with Gasteiger partial charge in [-0.15, -0.1) is 14.7 Å². The van der Waals surface area contributed by atoms with E-state index < -0.39 is 8.37 Å². The molecule has 0 saturated carbocycles. The molecule has 0 aliphatic heterocycles. The van der Waals surface area contributed by atoms with Crippen molar-refractivity contribution >= 4 is 8.37 Å². The topological polar surface area (TPSA) is 109 Å². The first-order valence-electron chi connectivity index (χ1n) is 1.27. The first-order valence-corrected chi connectivity index (χ1v) is 2.47. The van der Waals surface area contributed by atoms with E-state index in [-0.39, 0.29) is 0 Å². The van der Waals surface area contributed by atoms with Crippen LogP contribution in [0.15, 0.2) is 14.7 Å². The molecule has 38 valence electrons. The standard InChI is InChI=1S/H3N6P/c1-4-7(5-2)6-3/h1-3H. The molecule has 7 heteroatoms. The Bertz CT molecular complexity index is 65.2. The summed E-state index contributed by atoms with van der Waals surface area (Å²) in [6.07, 6.45) is 0. The Balaban J connectivity index is 3.57. The summed E-state index contributed by atoms with van der Waals surface area (Å²) in [6, 6.07) is 0. The minimum atomic E-state index is -1.68. The third-order valence-corrected chi connectivity index (χ3v) is 0.805. The molecule has 6 nitrogen and oxygen atoms in total. The molecule has 0 fully saturated rings. The third kappa shape index (κ3) is 1.99. The molecular weight excluding hydrogens is 115 g/mol. The van der Waals surface area contributed by atoms with Gasteiger partial charge < -0.3 is 0 Å². The predicted molar refractivity (Wildman–Crippen MR) is 22.4 cm³/mol. The van der Waals surface area contributed by atoms with E-state index in [2.05, 4.69) is 14.7 Å². The highest BCUT2D eigenvalue weighted by Crippen LogP contribution is 2.38. The Morgan fingerprint density at radius 3 is 1.14 bits per heavy atom. The van der Waals surface area contributed by atoms with Crippen molar-refractivity contribution in [3.63, 3.8) is 0 Å². The van der Waals surface area contributed by atoms with E-state index >= 15 is 0 Å². The highest BCUT2D eigenvalue weighted by Gasteiger charge is 1.96. The number of hydrogen-bond donors (Lipinski definition) is 3. The predicted octanol–water partition coefficient (Wildman–Crippen LogP) is 2.31. The van der Waals surface area contributed by atoms with Crippen molar-refractivity contribution in [2.75, 3.05) is 0 Å². The van der Waals surface area contributed by atoms with Crippen LogP contribution in [0, 0.1) is 16.6 Å². The molecule has 7 heavy (non-hydrogen) atoms. The lowest BCUT2D eigenvalue weighted by molar-refractivity contribution is 1.12. The highest BCUT2D eigenvalue weighted by molar-refractivity contribution is 7.52. The van der Waals surface area contributed by atoms with Gasteiger partial charge in [0.15, 0.2) is 0 Å². The van der Waals surface area contributed by atoms with Crippen LogP contribution in [-0.4, -0.2) is 0 Å². The molecule has 3 N–H and O–H groups in total. The number of nitrogens with one attached hydrogen (secondary N) is 3. The van der Waals surface area contributed by atoms with Crippen molar-refractivity contribution in [3.8, 4) is 0 Å². The second kappa shape index (κ2) is 3.42. The van der Waals surface area contributed by atoms with Crippen LogP contribution in [-0.2, 0) is 0 Å². The molecule has 0 amide bonds. The molecule has 0 atom stereocenters. The minimum Gasteiger partial charge on any atom is -0.202 e. The van der Waals surface area contributed by atoms with E-state index in [9.17, 15) is 0 Å². The van der Waals surface area contributed by atoms with Crippen molar-refractivity contribution in [2.45, 2.75) is 0 Å². The third-order valence-electron chi connectivity index (χ3n) is 0.268. The lowest BCUT2D eigenvalue weighted by Crippen LogP contribution is -1.44. The first kappa shape index (κ1) is 6.23. The van der Waals surface area contributed by atoms with E-state index in [4.69, 9.17) is 16.6 Å². The maximum absolute atomic E-state index is 6.19. The van der Waals surface area contributed by atoms with E-state index in [1.807, 2.05) is 0 Å². The largest absolute Gasteiger partial charge is 0.324 e. The molecule has 0 aromatic rings. The Morgan fingerprint density at radius 2 is 1.14 bits per heavy atom. The monoisotopic (exact) mass is 118 g/mol. The second-order valence-electron chi connectivity index (χ2n) is 0.568. The summed E-state index contributed by atoms with van der Waals surface area (Å²) < 4.78 is 0. The van der Waals surface area contributed by atoms with Crippen LogP contribution in [0.2, 0.25) is 0 Å². The van der Waals surface area contributed by atoms with E-state index in [1.165, 1.54) is 0 Å². The maximum atomic E-state index is 6.19. The summed E-state index contributed by atoms with van der Waals surface area (Å²) in [5, 5.41) is 0. The van der Waals surface area contributed by atoms with Gasteiger partial charge in [-0.05, 0) is 0 Å². The average molecular weight is 118 g/mol. The van der Waals surface area contributed by atoms with Crippen molar-refractivity contribution in [3.05, 3.63) is 0 Å². The van der Waals surface area contributed by atoms with Gasteiger partial charge in [0, 0.05) is 0 Å². The minimum absolute atomic E-state index is 1.68. The number of hydrogen-bond acceptors (Lipinski definition) is 6. The molecule has 0 aromatic carbocycles. The SMILES string of the molecule is N=NP(N=N)N=N. The number of nitrogens with zero attached hydrogens (tertiary/aromatic N) is 3. The first-order chi connectivity index (χ1) is 3.35. The van der Waals surface area contributed by atoms with E-state index in [1.54, 1.807) is 0 Å². The van der Waals surface area contributed by atoms with Crippen LogP contribution in [0.5, 0.6) is 0 Å². The normalized spacial score (nSPS) is 12.0. The second-order valence-corrected chi connectivity index (χ2v) is 1.70. The van der Waals surface area contributed by atoms with E-state index in [0.717, 1.165) is 0 Å². The molecule has 0 unspecified atom stereocenters. The Morgan fingerprint density at radius 1 is 0.857 bits per heavy atom. The molecule has 0 bridgehead atoms. The van der Waals surface area contributed by atoms with Gasteiger partial charge in [-0.2, -0.15) is 0 Å². The van der Waals surface area contributed by atoms with Gasteiger partial charge in [0.05, 0.1) is 0 Å². The Kier molecular flexibility index (Phi) is 3.04. The summed E-state index contributed by atoms with van der Waals surface area (Å²) in [5.41, 5.74) is 18.6. The van der Waals surface area contributed by atoms with E-state index in [0.29, 0.717) is 0 Å². The van der Waals surface area contributed by atoms with Crippen LogP contribution in [0.3, 0.4) is 0 Å². The average Bonchev–Trinajstić information content (AvgIpc) is 1.72. The van der Waals surface area contributed by atoms with Gasteiger partial charge in [-0.25, -0.2) is 16.6 Å². The molecule has 0 aromatic heterocycles. The summed E-state index contributed by atoms with van der Waals surface area (Å²) in [7, 11) is -1.68. The van der Waals surface area contributed by atoms with Crippen molar-refractivity contribution in [1.82, 2.24) is 0 Å². The van der Waals surface area contributed by atoms with Gasteiger partial charge in [-0.3, -0.25) is 0 Å². The van der Waals surface area contributed by atoms with Crippen LogP contribution in [0.1, 0.15) is 0 Å². The van der Waals surface area contributed by atoms with Gasteiger partial charge >= 0.3 is 8.37 Å². The van der Waals surface area contributed by atoms with Gasteiger partial charge in [0.25, 0.3) is 0 Å². The fraction of sp³-hybridized carbons (Fsp3) is 0. The molecule has 0 spiro atoms. The lowest BCUT2D eigenvalue weighted by Gasteiger charge is -1.82. The van der Waals surface area contributed by atoms with Gasteiger partial charge in [0.2, 0.25) is 0 Å². The molecule has 0 rings (SSSR count). The highest BCUT2D eigenvalue weighted by atomic mass is 31.1. The lowest BCUT2D eigenvalue weighted by atomic mass is 13.2. The molecule has 0 saturated heterocycles. The molecule has 0 aliphatic carbocycles. The summed E-state index contributed by atoms with van der Waals surface area (Å²) in [5.74, 6) is 0. The van der Waals surface area contributed by atoms with Crippen molar-refractivity contribution < 1.29 is 0 Å². The zero-order valence-electron chi connectivity index (χ0n) is 3.29. The zero-order valence-corrected chi connectivity index (χ0v) is 4.18. The summed E-state index contributed by atoms with van der Waals surface area (Å²) in [6.45, 7) is 0. The van der Waals surface area contributed by atoms with Gasteiger partial charge in [0.1, 0.15) is 0 Å². The Hall–Kier alpha value is -0.770. The summed E-state index contributed by atoms with van der Waals surface area (Å²) >= 11 is 0. The van der Waals surface area contributed by atoms with Crippen LogP contribution < -0.4 is 0 Å². The quantitative estimate of drug-likeness (QED) is 0.373. The number of rotatable bonds is 3. The maximum Gasteiger partial charge on any atom is 0.324 e. The zero-order chi connectivity index (χ0) is 5.70.